The first-order chi connectivity index (χ1) is 8.75. The Hall–Kier alpha value is -1.55. The molecule has 18 heavy (non-hydrogen) atoms. The quantitative estimate of drug-likeness (QED) is 0.616. The van der Waals surface area contributed by atoms with E-state index in [1.165, 1.54) is 32.4 Å². The fourth-order valence-electron chi connectivity index (χ4n) is 2.21. The van der Waals surface area contributed by atoms with Gasteiger partial charge in [-0.2, -0.15) is 0 Å². The van der Waals surface area contributed by atoms with Crippen LogP contribution in [0.15, 0.2) is 24.3 Å². The molecule has 0 unspecified atom stereocenters. The molecule has 0 radical (unpaired) electrons. The van der Waals surface area contributed by atoms with Crippen molar-refractivity contribution in [2.24, 2.45) is 5.73 Å². The van der Waals surface area contributed by atoms with E-state index in [2.05, 4.69) is 4.90 Å². The van der Waals surface area contributed by atoms with Crippen LogP contribution in [0.25, 0.3) is 0 Å². The number of nitrogens with two attached hydrogens (primary N) is 1. The zero-order valence-corrected chi connectivity index (χ0v) is 10.7. The van der Waals surface area contributed by atoms with Crippen LogP contribution >= 0.6 is 0 Å². The molecule has 2 rings (SSSR count). The Morgan fingerprint density at radius 3 is 2.44 bits per heavy atom. The minimum atomic E-state index is 0.0925. The molecule has 0 aromatic heterocycles. The number of amidine groups is 1. The molecule has 1 saturated heterocycles. The largest absolute Gasteiger partial charge is 0.492 e. The molecule has 1 aromatic carbocycles. The summed E-state index contributed by atoms with van der Waals surface area (Å²) in [7, 11) is 0. The number of nitrogens with one attached hydrogen (secondary N) is 1. The van der Waals surface area contributed by atoms with Crippen LogP contribution in [0.5, 0.6) is 5.75 Å². The summed E-state index contributed by atoms with van der Waals surface area (Å²) >= 11 is 0. The molecule has 3 N–H and O–H groups in total. The molecule has 0 atom stereocenters. The summed E-state index contributed by atoms with van der Waals surface area (Å²) in [6.07, 6.45) is 3.99. The van der Waals surface area contributed by atoms with Crippen molar-refractivity contribution >= 4 is 5.84 Å². The van der Waals surface area contributed by atoms with Crippen molar-refractivity contribution in [1.29, 1.82) is 5.41 Å². The van der Waals surface area contributed by atoms with E-state index in [1.807, 2.05) is 24.3 Å². The summed E-state index contributed by atoms with van der Waals surface area (Å²) < 4.78 is 5.69. The van der Waals surface area contributed by atoms with Crippen LogP contribution in [0.4, 0.5) is 0 Å². The van der Waals surface area contributed by atoms with Gasteiger partial charge in [0.2, 0.25) is 0 Å². The Morgan fingerprint density at radius 2 is 1.83 bits per heavy atom. The van der Waals surface area contributed by atoms with E-state index >= 15 is 0 Å². The second kappa shape index (κ2) is 6.40. The van der Waals surface area contributed by atoms with E-state index in [1.54, 1.807) is 0 Å². The maximum absolute atomic E-state index is 7.31. The summed E-state index contributed by atoms with van der Waals surface area (Å²) in [6, 6.07) is 7.37. The Morgan fingerprint density at radius 1 is 1.17 bits per heavy atom. The highest BCUT2D eigenvalue weighted by Crippen LogP contribution is 2.12. The molecular formula is C14H21N3O. The lowest BCUT2D eigenvalue weighted by Crippen LogP contribution is -2.33. The highest BCUT2D eigenvalue weighted by atomic mass is 16.5. The van der Waals surface area contributed by atoms with Gasteiger partial charge in [-0.15, -0.1) is 0 Å². The Labute approximate surface area is 108 Å². The summed E-state index contributed by atoms with van der Waals surface area (Å²) in [6.45, 7) is 4.12. The number of hydrogen-bond donors (Lipinski definition) is 2. The Kier molecular flexibility index (Phi) is 4.59. The summed E-state index contributed by atoms with van der Waals surface area (Å²) in [4.78, 5) is 2.45. The van der Waals surface area contributed by atoms with Crippen molar-refractivity contribution in [2.75, 3.05) is 26.2 Å². The molecule has 0 amide bonds. The predicted molar refractivity (Wildman–Crippen MR) is 73.2 cm³/mol. The first-order valence-electron chi connectivity index (χ1n) is 6.55. The van der Waals surface area contributed by atoms with Crippen LogP contribution in [0.2, 0.25) is 0 Å². The van der Waals surface area contributed by atoms with Gasteiger partial charge in [-0.3, -0.25) is 10.3 Å². The number of hydrogen-bond acceptors (Lipinski definition) is 3. The molecule has 4 nitrogen and oxygen atoms in total. The van der Waals surface area contributed by atoms with Crippen molar-refractivity contribution in [3.05, 3.63) is 29.8 Å². The molecule has 1 aliphatic rings. The lowest BCUT2D eigenvalue weighted by atomic mass is 10.1. The number of ether oxygens (including phenoxy) is 1. The van der Waals surface area contributed by atoms with Gasteiger partial charge in [0.1, 0.15) is 18.2 Å². The van der Waals surface area contributed by atoms with Crippen molar-refractivity contribution in [2.45, 2.75) is 19.3 Å². The summed E-state index contributed by atoms with van der Waals surface area (Å²) in [5.74, 6) is 0.937. The molecule has 98 valence electrons. The molecule has 1 aliphatic heterocycles. The fraction of sp³-hybridized carbons (Fsp3) is 0.500. The first-order valence-corrected chi connectivity index (χ1v) is 6.55. The van der Waals surface area contributed by atoms with E-state index in [0.29, 0.717) is 0 Å². The highest BCUT2D eigenvalue weighted by Gasteiger charge is 2.09. The van der Waals surface area contributed by atoms with Crippen molar-refractivity contribution in [3.8, 4) is 5.75 Å². The number of nitrogen functional groups attached to an aromatic ring is 1. The monoisotopic (exact) mass is 247 g/mol. The molecule has 0 spiro atoms. The van der Waals surface area contributed by atoms with Gasteiger partial charge < -0.3 is 10.5 Å². The second-order valence-electron chi connectivity index (χ2n) is 4.69. The Balaban J connectivity index is 1.74. The molecular weight excluding hydrogens is 226 g/mol. The standard InChI is InChI=1S/C14H21N3O/c15-14(16)12-4-6-13(7-5-12)18-11-10-17-8-2-1-3-9-17/h4-7H,1-3,8-11H2,(H3,15,16). The van der Waals surface area contributed by atoms with Crippen molar-refractivity contribution in [3.63, 3.8) is 0 Å². The molecule has 0 bridgehead atoms. The highest BCUT2D eigenvalue weighted by molar-refractivity contribution is 5.94. The molecule has 0 aliphatic carbocycles. The van der Waals surface area contributed by atoms with Crippen LogP contribution in [-0.4, -0.2) is 37.0 Å². The smallest absolute Gasteiger partial charge is 0.122 e. The number of likely N-dealkylation sites (tertiary alicyclic amines) is 1. The second-order valence-corrected chi connectivity index (χ2v) is 4.69. The number of nitrogens with zero attached hydrogens (tertiary/aromatic N) is 1. The zero-order chi connectivity index (χ0) is 12.8. The van der Waals surface area contributed by atoms with Gasteiger partial charge in [0, 0.05) is 12.1 Å². The van der Waals surface area contributed by atoms with E-state index in [4.69, 9.17) is 15.9 Å². The lowest BCUT2D eigenvalue weighted by molar-refractivity contribution is 0.183. The van der Waals surface area contributed by atoms with Crippen LogP contribution in [0.3, 0.4) is 0 Å². The van der Waals surface area contributed by atoms with Gasteiger partial charge in [-0.25, -0.2) is 0 Å². The van der Waals surface area contributed by atoms with Crippen LogP contribution in [-0.2, 0) is 0 Å². The van der Waals surface area contributed by atoms with Crippen LogP contribution in [0.1, 0.15) is 24.8 Å². The van der Waals surface area contributed by atoms with Crippen LogP contribution < -0.4 is 10.5 Å². The van der Waals surface area contributed by atoms with Gasteiger partial charge in [0.25, 0.3) is 0 Å². The van der Waals surface area contributed by atoms with E-state index in [-0.39, 0.29) is 5.84 Å². The normalized spacial score (nSPS) is 16.4. The first kappa shape index (κ1) is 12.9. The van der Waals surface area contributed by atoms with E-state index in [9.17, 15) is 0 Å². The average Bonchev–Trinajstić information content (AvgIpc) is 2.40. The minimum absolute atomic E-state index is 0.0925. The SMILES string of the molecule is N=C(N)c1ccc(OCCN2CCCCC2)cc1. The van der Waals surface area contributed by atoms with E-state index in [0.717, 1.165) is 24.5 Å². The van der Waals surface area contributed by atoms with Crippen molar-refractivity contribution < 1.29 is 4.74 Å². The van der Waals surface area contributed by atoms with Gasteiger partial charge >= 0.3 is 0 Å². The van der Waals surface area contributed by atoms with Gasteiger partial charge in [-0.05, 0) is 50.2 Å². The summed E-state index contributed by atoms with van der Waals surface area (Å²) in [5, 5.41) is 7.31. The average molecular weight is 247 g/mol. The number of rotatable bonds is 5. The van der Waals surface area contributed by atoms with Gasteiger partial charge in [-0.1, -0.05) is 6.42 Å². The molecule has 1 aromatic rings. The third-order valence-corrected chi connectivity index (χ3v) is 3.29. The van der Waals surface area contributed by atoms with Crippen LogP contribution in [0, 0.1) is 5.41 Å². The third kappa shape index (κ3) is 3.74. The minimum Gasteiger partial charge on any atom is -0.492 e. The maximum atomic E-state index is 7.31. The maximum Gasteiger partial charge on any atom is 0.122 e. The third-order valence-electron chi connectivity index (χ3n) is 3.29. The fourth-order valence-corrected chi connectivity index (χ4v) is 2.21. The van der Waals surface area contributed by atoms with E-state index < -0.39 is 0 Å². The predicted octanol–water partition coefficient (Wildman–Crippen LogP) is 1.84. The van der Waals surface area contributed by atoms with Crippen molar-refractivity contribution in [1.82, 2.24) is 4.90 Å². The Bertz CT molecular complexity index is 383. The number of piperidine rings is 1. The van der Waals surface area contributed by atoms with Gasteiger partial charge in [0.05, 0.1) is 0 Å². The summed E-state index contributed by atoms with van der Waals surface area (Å²) in [5.41, 5.74) is 6.13. The molecule has 4 heteroatoms. The molecule has 1 fully saturated rings. The molecule has 1 heterocycles. The lowest BCUT2D eigenvalue weighted by Gasteiger charge is -2.26. The topological polar surface area (TPSA) is 62.3 Å². The zero-order valence-electron chi connectivity index (χ0n) is 10.7. The van der Waals surface area contributed by atoms with Gasteiger partial charge in [0.15, 0.2) is 0 Å². The molecule has 0 saturated carbocycles. The number of benzene rings is 1.